The Balaban J connectivity index is 0. The second-order valence-corrected chi connectivity index (χ2v) is 3.57. The third kappa shape index (κ3) is 4.98. The van der Waals surface area contributed by atoms with Crippen LogP contribution in [0.1, 0.15) is 20.3 Å². The molecule has 0 aromatic rings. The fourth-order valence-corrected chi connectivity index (χ4v) is 0.632. The summed E-state index contributed by atoms with van der Waals surface area (Å²) < 4.78 is 28.5. The molecule has 5 heteroatoms. The first-order valence-corrected chi connectivity index (χ1v) is 3.95. The second kappa shape index (κ2) is 4.34. The summed E-state index contributed by atoms with van der Waals surface area (Å²) in [6, 6.07) is 0. The van der Waals surface area contributed by atoms with Crippen LogP contribution in [0.15, 0.2) is 0 Å². The summed E-state index contributed by atoms with van der Waals surface area (Å²) in [5.74, 6) is 0. The van der Waals surface area contributed by atoms with E-state index in [1.807, 2.05) is 0 Å². The molecule has 0 aromatic carbocycles. The molecule has 52 valence electrons. The predicted octanol–water partition coefficient (Wildman–Crippen LogP) is 0.0242. The van der Waals surface area contributed by atoms with Crippen molar-refractivity contribution >= 4 is 29.0 Å². The van der Waals surface area contributed by atoms with Crippen LogP contribution in [0, 0.1) is 0 Å². The molecule has 0 spiro atoms. The third-order valence-corrected chi connectivity index (χ3v) is 2.43. The predicted molar refractivity (Wildman–Crippen MR) is 38.5 cm³/mol. The van der Waals surface area contributed by atoms with Crippen LogP contribution < -0.4 is 0 Å². The van der Waals surface area contributed by atoms with E-state index < -0.39 is 15.4 Å². The molecule has 9 heavy (non-hydrogen) atoms. The van der Waals surface area contributed by atoms with E-state index in [2.05, 4.69) is 0 Å². The van der Waals surface area contributed by atoms with E-state index in [1.165, 1.54) is 6.92 Å². The summed E-state index contributed by atoms with van der Waals surface area (Å²) >= 11 is 0. The molecule has 0 saturated carbocycles. The van der Waals surface area contributed by atoms with Crippen molar-refractivity contribution in [2.24, 2.45) is 0 Å². The molecule has 0 aliphatic carbocycles. The van der Waals surface area contributed by atoms with Crippen LogP contribution in [0.5, 0.6) is 0 Å². The molecule has 0 bridgehead atoms. The first kappa shape index (κ1) is 12.2. The summed E-state index contributed by atoms with van der Waals surface area (Å²) in [5.41, 5.74) is 0. The van der Waals surface area contributed by atoms with Gasteiger partial charge in [-0.15, -0.1) is 0 Å². The summed E-state index contributed by atoms with van der Waals surface area (Å²) in [6.45, 7) is 3.17. The first-order chi connectivity index (χ1) is 3.48. The Kier molecular flexibility index (Phi) is 5.89. The molecule has 0 radical (unpaired) electrons. The maximum atomic E-state index is 10.1. The van der Waals surface area contributed by atoms with Gasteiger partial charge in [0, 0.05) is 0 Å². The second-order valence-electron chi connectivity index (χ2n) is 1.73. The fraction of sp³-hybridized carbons (Fsp3) is 1.00. The van der Waals surface area contributed by atoms with E-state index in [4.69, 9.17) is 4.55 Å². The van der Waals surface area contributed by atoms with Gasteiger partial charge in [0.15, 0.2) is 0 Å². The maximum absolute atomic E-state index is 10.1. The SMILES string of the molecule is CCC(C)S(=O)(=O)O.[LiH]. The molecule has 1 atom stereocenters. The monoisotopic (exact) mass is 146 g/mol. The summed E-state index contributed by atoms with van der Waals surface area (Å²) in [4.78, 5) is 0. The van der Waals surface area contributed by atoms with Gasteiger partial charge in [0.1, 0.15) is 0 Å². The molecule has 1 unspecified atom stereocenters. The van der Waals surface area contributed by atoms with Crippen molar-refractivity contribution in [3.05, 3.63) is 0 Å². The first-order valence-electron chi connectivity index (χ1n) is 2.44. The van der Waals surface area contributed by atoms with Gasteiger partial charge in [0.25, 0.3) is 10.1 Å². The third-order valence-electron chi connectivity index (χ3n) is 1.08. The van der Waals surface area contributed by atoms with Gasteiger partial charge in [-0.3, -0.25) is 4.55 Å². The zero-order valence-corrected chi connectivity index (χ0v) is 5.77. The summed E-state index contributed by atoms with van der Waals surface area (Å²) in [6.07, 6.45) is 0.457. The molecule has 0 aliphatic heterocycles. The molecular formula is C4H11LiO3S. The topological polar surface area (TPSA) is 54.4 Å². The van der Waals surface area contributed by atoms with E-state index in [0.29, 0.717) is 6.42 Å². The quantitative estimate of drug-likeness (QED) is 0.441. The van der Waals surface area contributed by atoms with Crippen LogP contribution in [0.3, 0.4) is 0 Å². The van der Waals surface area contributed by atoms with E-state index in [9.17, 15) is 8.42 Å². The Hall–Kier alpha value is 0.507. The average Bonchev–Trinajstić information content (AvgIpc) is 1.62. The van der Waals surface area contributed by atoms with E-state index in [1.54, 1.807) is 6.92 Å². The molecule has 1 N–H and O–H groups in total. The number of hydrogen-bond donors (Lipinski definition) is 1. The van der Waals surface area contributed by atoms with Crippen LogP contribution in [-0.2, 0) is 10.1 Å². The molecule has 0 aliphatic rings. The van der Waals surface area contributed by atoms with Gasteiger partial charge < -0.3 is 0 Å². The molecule has 0 amide bonds. The minimum atomic E-state index is -3.75. The average molecular weight is 146 g/mol. The number of hydrogen-bond acceptors (Lipinski definition) is 2. The van der Waals surface area contributed by atoms with Crippen molar-refractivity contribution in [2.75, 3.05) is 0 Å². The summed E-state index contributed by atoms with van der Waals surface area (Å²) in [5, 5.41) is -0.623. The van der Waals surface area contributed by atoms with Crippen molar-refractivity contribution < 1.29 is 13.0 Å². The Labute approximate surface area is 67.8 Å². The van der Waals surface area contributed by atoms with Gasteiger partial charge in [-0.1, -0.05) is 6.92 Å². The van der Waals surface area contributed by atoms with Crippen molar-refractivity contribution in [2.45, 2.75) is 25.5 Å². The molecule has 0 aromatic heterocycles. The molecular weight excluding hydrogens is 135 g/mol. The standard InChI is InChI=1S/C4H10O3S.Li.H/c1-3-4(2)8(5,6)7;;/h4H,3H2,1-2H3,(H,5,6,7);;. The summed E-state index contributed by atoms with van der Waals surface area (Å²) in [7, 11) is -3.75. The van der Waals surface area contributed by atoms with Gasteiger partial charge in [-0.25, -0.2) is 0 Å². The van der Waals surface area contributed by atoms with Crippen molar-refractivity contribution in [1.29, 1.82) is 0 Å². The Bertz CT molecular complexity index is 151. The van der Waals surface area contributed by atoms with Gasteiger partial charge in [-0.05, 0) is 13.3 Å². The van der Waals surface area contributed by atoms with E-state index in [-0.39, 0.29) is 18.9 Å². The van der Waals surface area contributed by atoms with Crippen LogP contribution >= 0.6 is 0 Å². The van der Waals surface area contributed by atoms with Gasteiger partial charge in [0.05, 0.1) is 5.25 Å². The Morgan fingerprint density at radius 1 is 1.56 bits per heavy atom. The fourth-order valence-electron chi connectivity index (χ4n) is 0.211. The number of rotatable bonds is 2. The van der Waals surface area contributed by atoms with E-state index >= 15 is 0 Å². The van der Waals surface area contributed by atoms with Crippen molar-refractivity contribution in [1.82, 2.24) is 0 Å². The van der Waals surface area contributed by atoms with Crippen LogP contribution in [0.2, 0.25) is 0 Å². The van der Waals surface area contributed by atoms with Crippen molar-refractivity contribution in [3.63, 3.8) is 0 Å². The van der Waals surface area contributed by atoms with Crippen LogP contribution in [0.25, 0.3) is 0 Å². The molecule has 0 saturated heterocycles. The minimum absolute atomic E-state index is 0. The zero-order chi connectivity index (χ0) is 6.78. The van der Waals surface area contributed by atoms with Crippen molar-refractivity contribution in [3.8, 4) is 0 Å². The van der Waals surface area contributed by atoms with Gasteiger partial charge in [0.2, 0.25) is 0 Å². The molecule has 3 nitrogen and oxygen atoms in total. The zero-order valence-electron chi connectivity index (χ0n) is 4.96. The molecule has 0 heterocycles. The van der Waals surface area contributed by atoms with E-state index in [0.717, 1.165) is 0 Å². The Morgan fingerprint density at radius 3 is 1.89 bits per heavy atom. The molecule has 0 rings (SSSR count). The van der Waals surface area contributed by atoms with Crippen LogP contribution in [-0.4, -0.2) is 37.1 Å². The van der Waals surface area contributed by atoms with Gasteiger partial charge in [-0.2, -0.15) is 8.42 Å². The normalized spacial score (nSPS) is 14.1. The van der Waals surface area contributed by atoms with Crippen LogP contribution in [0.4, 0.5) is 0 Å². The molecule has 0 fully saturated rings. The van der Waals surface area contributed by atoms with Gasteiger partial charge >= 0.3 is 18.9 Å². The Morgan fingerprint density at radius 2 is 1.89 bits per heavy atom.